The first-order valence-corrected chi connectivity index (χ1v) is 5.24. The van der Waals surface area contributed by atoms with Crippen molar-refractivity contribution in [3.63, 3.8) is 0 Å². The fourth-order valence-corrected chi connectivity index (χ4v) is 2.17. The van der Waals surface area contributed by atoms with Gasteiger partial charge in [-0.05, 0) is 43.9 Å². The maximum Gasteiger partial charge on any atom is 0.0844 e. The van der Waals surface area contributed by atoms with E-state index in [1.54, 1.807) is 0 Å². The smallest absolute Gasteiger partial charge is 0.0844 e. The molecule has 1 radical (unpaired) electrons. The lowest BCUT2D eigenvalue weighted by molar-refractivity contribution is 0.356. The van der Waals surface area contributed by atoms with Gasteiger partial charge in [-0.2, -0.15) is 0 Å². The van der Waals surface area contributed by atoms with Crippen molar-refractivity contribution in [3.05, 3.63) is 6.42 Å². The summed E-state index contributed by atoms with van der Waals surface area (Å²) in [6, 6.07) is 0. The second-order valence-corrected chi connectivity index (χ2v) is 4.61. The minimum absolute atomic E-state index is 0.657. The Morgan fingerprint density at radius 2 is 2.17 bits per heavy atom. The van der Waals surface area contributed by atoms with E-state index >= 15 is 0 Å². The summed E-state index contributed by atoms with van der Waals surface area (Å²) in [5.74, 6) is 1.68. The van der Waals surface area contributed by atoms with Gasteiger partial charge in [-0.15, -0.1) is 0 Å². The van der Waals surface area contributed by atoms with Crippen LogP contribution < -0.4 is 0 Å². The second kappa shape index (κ2) is 3.37. The molecule has 1 aliphatic heterocycles. The summed E-state index contributed by atoms with van der Waals surface area (Å²) in [6.45, 7) is 4.53. The highest BCUT2D eigenvalue weighted by Gasteiger charge is 2.43. The third-order valence-corrected chi connectivity index (χ3v) is 3.05. The van der Waals surface area contributed by atoms with E-state index in [9.17, 15) is 0 Å². The van der Waals surface area contributed by atoms with E-state index in [4.69, 9.17) is 4.74 Å². The molecule has 12 heavy (non-hydrogen) atoms. The Hall–Kier alpha value is -0.0400. The number of rotatable bonds is 3. The van der Waals surface area contributed by atoms with E-state index in [2.05, 4.69) is 20.3 Å². The maximum absolute atomic E-state index is 5.50. The normalized spacial score (nSPS) is 39.8. The van der Waals surface area contributed by atoms with Crippen LogP contribution in [0.4, 0.5) is 0 Å². The van der Waals surface area contributed by atoms with Gasteiger partial charge in [0.15, 0.2) is 0 Å². The Bertz CT molecular complexity index is 153. The SMILES string of the molecule is CC(C)[CH]CC1CCC2OC2C1. The lowest BCUT2D eigenvalue weighted by atomic mass is 9.85. The Morgan fingerprint density at radius 1 is 1.33 bits per heavy atom. The number of fused-ring (bicyclic) bond motifs is 1. The second-order valence-electron chi connectivity index (χ2n) is 4.61. The van der Waals surface area contributed by atoms with E-state index < -0.39 is 0 Å². The molecule has 2 fully saturated rings. The van der Waals surface area contributed by atoms with Crippen LogP contribution in [0, 0.1) is 18.3 Å². The van der Waals surface area contributed by atoms with Crippen LogP contribution in [0.25, 0.3) is 0 Å². The van der Waals surface area contributed by atoms with Gasteiger partial charge in [0.2, 0.25) is 0 Å². The molecule has 0 amide bonds. The summed E-state index contributed by atoms with van der Waals surface area (Å²) >= 11 is 0. The molecule has 3 atom stereocenters. The van der Waals surface area contributed by atoms with Gasteiger partial charge in [0.1, 0.15) is 0 Å². The first-order valence-electron chi connectivity index (χ1n) is 5.24. The monoisotopic (exact) mass is 167 g/mol. The summed E-state index contributed by atoms with van der Waals surface area (Å²) in [6.07, 6.45) is 9.13. The molecule has 1 heteroatoms. The van der Waals surface area contributed by atoms with Gasteiger partial charge in [-0.25, -0.2) is 0 Å². The highest BCUT2D eigenvalue weighted by Crippen LogP contribution is 2.41. The molecule has 2 rings (SSSR count). The third-order valence-electron chi connectivity index (χ3n) is 3.05. The minimum atomic E-state index is 0.657. The van der Waals surface area contributed by atoms with Crippen LogP contribution in [0.5, 0.6) is 0 Å². The molecule has 1 saturated heterocycles. The Morgan fingerprint density at radius 3 is 2.83 bits per heavy atom. The van der Waals surface area contributed by atoms with Crippen molar-refractivity contribution in [3.8, 4) is 0 Å². The Labute approximate surface area is 75.5 Å². The predicted molar refractivity (Wildman–Crippen MR) is 49.8 cm³/mol. The summed E-state index contributed by atoms with van der Waals surface area (Å²) in [5.41, 5.74) is 0. The summed E-state index contributed by atoms with van der Waals surface area (Å²) in [4.78, 5) is 0. The lowest BCUT2D eigenvalue weighted by Crippen LogP contribution is -2.14. The van der Waals surface area contributed by atoms with Crippen molar-refractivity contribution < 1.29 is 4.74 Å². The molecule has 1 heterocycles. The van der Waals surface area contributed by atoms with Crippen molar-refractivity contribution in [1.82, 2.24) is 0 Å². The Balaban J connectivity index is 1.67. The largest absolute Gasteiger partial charge is 0.370 e. The Kier molecular flexibility index (Phi) is 2.40. The molecule has 0 aromatic rings. The van der Waals surface area contributed by atoms with Crippen molar-refractivity contribution in [2.75, 3.05) is 0 Å². The predicted octanol–water partition coefficient (Wildman–Crippen LogP) is 2.80. The molecule has 0 aromatic carbocycles. The zero-order valence-electron chi connectivity index (χ0n) is 8.12. The molecule has 0 N–H and O–H groups in total. The lowest BCUT2D eigenvalue weighted by Gasteiger charge is -2.19. The number of ether oxygens (including phenoxy) is 1. The van der Waals surface area contributed by atoms with E-state index in [0.717, 1.165) is 11.8 Å². The molecule has 0 bridgehead atoms. The number of hydrogen-bond donors (Lipinski definition) is 0. The van der Waals surface area contributed by atoms with Crippen LogP contribution in [0.15, 0.2) is 0 Å². The van der Waals surface area contributed by atoms with Crippen molar-refractivity contribution in [2.24, 2.45) is 11.8 Å². The minimum Gasteiger partial charge on any atom is -0.370 e. The van der Waals surface area contributed by atoms with Crippen LogP contribution in [0.3, 0.4) is 0 Å². The standard InChI is InChI=1S/C11H19O/c1-8(2)3-4-9-5-6-10-11(7-9)12-10/h3,8-11H,4-7H2,1-2H3. The molecular weight excluding hydrogens is 148 g/mol. The maximum atomic E-state index is 5.50. The van der Waals surface area contributed by atoms with E-state index in [1.807, 2.05) is 0 Å². The average molecular weight is 167 g/mol. The highest BCUT2D eigenvalue weighted by molar-refractivity contribution is 4.93. The van der Waals surface area contributed by atoms with Gasteiger partial charge in [0, 0.05) is 0 Å². The molecular formula is C11H19O. The molecule has 0 aromatic heterocycles. The zero-order chi connectivity index (χ0) is 8.55. The van der Waals surface area contributed by atoms with Crippen LogP contribution in [0.1, 0.15) is 39.5 Å². The van der Waals surface area contributed by atoms with Crippen molar-refractivity contribution >= 4 is 0 Å². The average Bonchev–Trinajstić information content (AvgIpc) is 2.78. The van der Waals surface area contributed by atoms with Gasteiger partial charge >= 0.3 is 0 Å². The fraction of sp³-hybridized carbons (Fsp3) is 0.909. The number of hydrogen-bond acceptors (Lipinski definition) is 1. The van der Waals surface area contributed by atoms with Gasteiger partial charge in [-0.1, -0.05) is 13.8 Å². The van der Waals surface area contributed by atoms with Crippen molar-refractivity contribution in [2.45, 2.75) is 51.7 Å². The van der Waals surface area contributed by atoms with Crippen LogP contribution >= 0.6 is 0 Å². The van der Waals surface area contributed by atoms with E-state index in [-0.39, 0.29) is 0 Å². The number of epoxide rings is 1. The molecule has 69 valence electrons. The van der Waals surface area contributed by atoms with Gasteiger partial charge in [0.05, 0.1) is 12.2 Å². The molecule has 0 spiro atoms. The molecule has 1 aliphatic carbocycles. The van der Waals surface area contributed by atoms with Crippen molar-refractivity contribution in [1.29, 1.82) is 0 Å². The van der Waals surface area contributed by atoms with Gasteiger partial charge in [-0.3, -0.25) is 0 Å². The van der Waals surface area contributed by atoms with Crippen LogP contribution in [-0.4, -0.2) is 12.2 Å². The topological polar surface area (TPSA) is 12.5 Å². The van der Waals surface area contributed by atoms with Gasteiger partial charge < -0.3 is 4.74 Å². The fourth-order valence-electron chi connectivity index (χ4n) is 2.17. The summed E-state index contributed by atoms with van der Waals surface area (Å²) in [7, 11) is 0. The van der Waals surface area contributed by atoms with Gasteiger partial charge in [0.25, 0.3) is 0 Å². The van der Waals surface area contributed by atoms with E-state index in [0.29, 0.717) is 12.2 Å². The molecule has 1 saturated carbocycles. The summed E-state index contributed by atoms with van der Waals surface area (Å²) < 4.78 is 5.50. The first-order chi connectivity index (χ1) is 5.75. The highest BCUT2D eigenvalue weighted by atomic mass is 16.6. The zero-order valence-corrected chi connectivity index (χ0v) is 8.12. The van der Waals surface area contributed by atoms with Crippen LogP contribution in [-0.2, 0) is 4.74 Å². The summed E-state index contributed by atoms with van der Waals surface area (Å²) in [5, 5.41) is 0. The van der Waals surface area contributed by atoms with E-state index in [1.165, 1.54) is 25.7 Å². The molecule has 3 unspecified atom stereocenters. The van der Waals surface area contributed by atoms with Crippen LogP contribution in [0.2, 0.25) is 0 Å². The third kappa shape index (κ3) is 2.01. The first kappa shape index (κ1) is 8.55. The quantitative estimate of drug-likeness (QED) is 0.589. The molecule has 1 nitrogen and oxygen atoms in total. The molecule has 2 aliphatic rings.